The molecule has 1 fully saturated rings. The van der Waals surface area contributed by atoms with Crippen LogP contribution in [0.5, 0.6) is 0 Å². The number of hydrogen-bond donors (Lipinski definition) is 3. The molecule has 2 aromatic rings. The minimum atomic E-state index is -0.546. The Bertz CT molecular complexity index is 836. The van der Waals surface area contributed by atoms with Gasteiger partial charge >= 0.3 is 0 Å². The number of aryl methyl sites for hydroxylation is 1. The van der Waals surface area contributed by atoms with Gasteiger partial charge in [0.2, 0.25) is 5.91 Å². The van der Waals surface area contributed by atoms with E-state index >= 15 is 0 Å². The van der Waals surface area contributed by atoms with Crippen LogP contribution in [0.25, 0.3) is 0 Å². The molecule has 0 bridgehead atoms. The maximum absolute atomic E-state index is 12.6. The summed E-state index contributed by atoms with van der Waals surface area (Å²) >= 11 is 12.0. The Morgan fingerprint density at radius 2 is 2.12 bits per heavy atom. The van der Waals surface area contributed by atoms with E-state index in [1.165, 1.54) is 10.7 Å². The Morgan fingerprint density at radius 3 is 2.84 bits per heavy atom. The third-order valence-electron chi connectivity index (χ3n) is 3.75. The van der Waals surface area contributed by atoms with Crippen molar-refractivity contribution in [1.29, 1.82) is 0 Å². The predicted molar refractivity (Wildman–Crippen MR) is 95.8 cm³/mol. The third-order valence-corrected chi connectivity index (χ3v) is 4.31. The Morgan fingerprint density at radius 1 is 1.36 bits per heavy atom. The Balaban J connectivity index is 1.87. The van der Waals surface area contributed by atoms with Crippen molar-refractivity contribution >= 4 is 40.8 Å². The molecule has 3 N–H and O–H groups in total. The van der Waals surface area contributed by atoms with Gasteiger partial charge in [0.25, 0.3) is 5.91 Å². The highest BCUT2D eigenvalue weighted by Crippen LogP contribution is 2.23. The molecule has 132 valence electrons. The highest BCUT2D eigenvalue weighted by atomic mass is 35.5. The fourth-order valence-corrected chi connectivity index (χ4v) is 3.03. The molecule has 9 heteroatoms. The lowest BCUT2D eigenvalue weighted by atomic mass is 10.2. The first-order valence-electron chi connectivity index (χ1n) is 7.71. The number of amides is 2. The zero-order valence-electron chi connectivity index (χ0n) is 13.6. The smallest absolute Gasteiger partial charge is 0.258 e. The minimum absolute atomic E-state index is 0.00539. The highest BCUT2D eigenvalue weighted by Gasteiger charge is 2.27. The molecule has 2 amide bonds. The molecule has 1 aromatic heterocycles. The largest absolute Gasteiger partial charge is 0.322 e. The SMILES string of the molecule is Cc1cc(NC(=O)c2cc(Cl)ccc2Cl)n(C2NC(=O)CC(C)N2)n1. The molecule has 0 saturated carbocycles. The molecule has 2 unspecified atom stereocenters. The summed E-state index contributed by atoms with van der Waals surface area (Å²) in [6, 6.07) is 6.37. The number of rotatable bonds is 3. The minimum Gasteiger partial charge on any atom is -0.322 e. The summed E-state index contributed by atoms with van der Waals surface area (Å²) < 4.78 is 1.53. The summed E-state index contributed by atoms with van der Waals surface area (Å²) in [5.74, 6) is -0.0613. The van der Waals surface area contributed by atoms with Crippen LogP contribution in [-0.2, 0) is 4.79 Å². The monoisotopic (exact) mass is 381 g/mol. The second-order valence-corrected chi connectivity index (χ2v) is 6.78. The van der Waals surface area contributed by atoms with Crippen LogP contribution >= 0.6 is 23.2 Å². The van der Waals surface area contributed by atoms with E-state index < -0.39 is 12.2 Å². The van der Waals surface area contributed by atoms with Crippen molar-refractivity contribution in [1.82, 2.24) is 20.4 Å². The lowest BCUT2D eigenvalue weighted by molar-refractivity contribution is -0.125. The van der Waals surface area contributed by atoms with E-state index in [4.69, 9.17) is 23.2 Å². The standard InChI is InChI=1S/C16H17Cl2N5O2/c1-8-6-14(24)21-16(19-8)23-13(5-9(2)22-23)20-15(25)11-7-10(17)3-4-12(11)18/h3-5,7-8,16,19H,6H2,1-2H3,(H,20,25)(H,21,24). The van der Waals surface area contributed by atoms with Crippen molar-refractivity contribution in [3.05, 3.63) is 45.6 Å². The third kappa shape index (κ3) is 3.95. The first-order chi connectivity index (χ1) is 11.8. The van der Waals surface area contributed by atoms with Crippen LogP contribution in [0.2, 0.25) is 10.0 Å². The molecule has 0 radical (unpaired) electrons. The number of nitrogens with one attached hydrogen (secondary N) is 3. The van der Waals surface area contributed by atoms with Crippen LogP contribution in [0, 0.1) is 6.92 Å². The topological polar surface area (TPSA) is 88.0 Å². The summed E-state index contributed by atoms with van der Waals surface area (Å²) in [6.07, 6.45) is -0.161. The molecule has 1 saturated heterocycles. The molecule has 2 heterocycles. The average molecular weight is 382 g/mol. The normalized spacial score (nSPS) is 20.2. The van der Waals surface area contributed by atoms with Crippen molar-refractivity contribution in [3.8, 4) is 0 Å². The number of hydrogen-bond acceptors (Lipinski definition) is 4. The fraction of sp³-hybridized carbons (Fsp3) is 0.312. The van der Waals surface area contributed by atoms with Crippen molar-refractivity contribution in [2.75, 3.05) is 5.32 Å². The van der Waals surface area contributed by atoms with Gasteiger partial charge < -0.3 is 10.6 Å². The molecule has 1 aliphatic heterocycles. The van der Waals surface area contributed by atoms with Gasteiger partial charge in [-0.25, -0.2) is 4.68 Å². The van der Waals surface area contributed by atoms with Gasteiger partial charge in [0.1, 0.15) is 5.82 Å². The van der Waals surface area contributed by atoms with E-state index in [-0.39, 0.29) is 17.5 Å². The van der Waals surface area contributed by atoms with Gasteiger partial charge in [-0.3, -0.25) is 14.9 Å². The van der Waals surface area contributed by atoms with E-state index in [0.717, 1.165) is 0 Å². The van der Waals surface area contributed by atoms with Gasteiger partial charge in [0.05, 0.1) is 16.3 Å². The van der Waals surface area contributed by atoms with E-state index in [9.17, 15) is 9.59 Å². The summed E-state index contributed by atoms with van der Waals surface area (Å²) in [5.41, 5.74) is 0.954. The molecule has 2 atom stereocenters. The molecule has 7 nitrogen and oxygen atoms in total. The van der Waals surface area contributed by atoms with E-state index in [1.54, 1.807) is 25.1 Å². The van der Waals surface area contributed by atoms with Gasteiger partial charge in [0, 0.05) is 23.6 Å². The number of halogens is 2. The van der Waals surface area contributed by atoms with Crippen LogP contribution in [-0.4, -0.2) is 27.6 Å². The maximum atomic E-state index is 12.6. The van der Waals surface area contributed by atoms with Crippen molar-refractivity contribution in [2.24, 2.45) is 0 Å². The number of aromatic nitrogens is 2. The number of carbonyl (C=O) groups is 2. The summed E-state index contributed by atoms with van der Waals surface area (Å²) in [7, 11) is 0. The van der Waals surface area contributed by atoms with Crippen LogP contribution < -0.4 is 16.0 Å². The zero-order chi connectivity index (χ0) is 18.1. The molecule has 25 heavy (non-hydrogen) atoms. The first kappa shape index (κ1) is 17.7. The summed E-state index contributed by atoms with van der Waals surface area (Å²) in [6.45, 7) is 3.71. The molecule has 3 rings (SSSR count). The van der Waals surface area contributed by atoms with Crippen LogP contribution in [0.15, 0.2) is 24.3 Å². The van der Waals surface area contributed by atoms with Crippen molar-refractivity contribution in [2.45, 2.75) is 32.6 Å². The predicted octanol–water partition coefficient (Wildman–Crippen LogP) is 2.70. The van der Waals surface area contributed by atoms with Crippen LogP contribution in [0.1, 0.15) is 35.7 Å². The number of nitrogens with zero attached hydrogens (tertiary/aromatic N) is 2. The van der Waals surface area contributed by atoms with Crippen molar-refractivity contribution in [3.63, 3.8) is 0 Å². The lowest BCUT2D eigenvalue weighted by Gasteiger charge is -2.30. The van der Waals surface area contributed by atoms with Crippen molar-refractivity contribution < 1.29 is 9.59 Å². The molecule has 1 aliphatic rings. The highest BCUT2D eigenvalue weighted by molar-refractivity contribution is 6.36. The summed E-state index contributed by atoms with van der Waals surface area (Å²) in [5, 5.41) is 13.9. The van der Waals surface area contributed by atoms with Gasteiger partial charge in [0.15, 0.2) is 6.29 Å². The first-order valence-corrected chi connectivity index (χ1v) is 8.47. The quantitative estimate of drug-likeness (QED) is 0.762. The Hall–Kier alpha value is -2.09. The second kappa shape index (κ2) is 7.03. The Labute approximate surface area is 154 Å². The van der Waals surface area contributed by atoms with Gasteiger partial charge in [-0.1, -0.05) is 23.2 Å². The van der Waals surface area contributed by atoms with Gasteiger partial charge in [-0.05, 0) is 32.0 Å². The summed E-state index contributed by atoms with van der Waals surface area (Å²) in [4.78, 5) is 24.3. The number of carbonyl (C=O) groups excluding carboxylic acids is 2. The lowest BCUT2D eigenvalue weighted by Crippen LogP contribution is -2.52. The zero-order valence-corrected chi connectivity index (χ0v) is 15.1. The number of anilines is 1. The Kier molecular flexibility index (Phi) is 4.99. The van der Waals surface area contributed by atoms with E-state index in [1.807, 2.05) is 6.92 Å². The van der Waals surface area contributed by atoms with Crippen LogP contribution in [0.4, 0.5) is 5.82 Å². The average Bonchev–Trinajstić information content (AvgIpc) is 2.89. The van der Waals surface area contributed by atoms with Gasteiger partial charge in [-0.2, -0.15) is 5.10 Å². The molecule has 0 aliphatic carbocycles. The molecular formula is C16H17Cl2N5O2. The van der Waals surface area contributed by atoms with Crippen LogP contribution in [0.3, 0.4) is 0 Å². The second-order valence-electron chi connectivity index (χ2n) is 5.94. The fourth-order valence-electron chi connectivity index (χ4n) is 2.65. The molecule has 1 aromatic carbocycles. The van der Waals surface area contributed by atoms with E-state index in [2.05, 4.69) is 21.0 Å². The van der Waals surface area contributed by atoms with Gasteiger partial charge in [-0.15, -0.1) is 0 Å². The number of benzene rings is 1. The maximum Gasteiger partial charge on any atom is 0.258 e. The molecular weight excluding hydrogens is 365 g/mol. The molecule has 0 spiro atoms. The van der Waals surface area contributed by atoms with E-state index in [0.29, 0.717) is 28.0 Å².